The fourth-order valence-electron chi connectivity index (χ4n) is 2.00. The first-order chi connectivity index (χ1) is 8.92. The lowest BCUT2D eigenvalue weighted by Gasteiger charge is -2.27. The van der Waals surface area contributed by atoms with Crippen LogP contribution in [0.4, 0.5) is 0 Å². The van der Waals surface area contributed by atoms with Gasteiger partial charge in [-0.05, 0) is 17.2 Å². The zero-order chi connectivity index (χ0) is 12.2. The normalized spacial score (nSPS) is 15.1. The molecule has 0 radical (unpaired) electrons. The summed E-state index contributed by atoms with van der Waals surface area (Å²) in [5.74, 6) is 1.45. The topological polar surface area (TPSA) is 34.1 Å². The molecule has 1 aromatic heterocycles. The summed E-state index contributed by atoms with van der Waals surface area (Å²) in [4.78, 5) is 4.25. The summed E-state index contributed by atoms with van der Waals surface area (Å²) in [6.07, 6.45) is 3.71. The van der Waals surface area contributed by atoms with Crippen molar-refractivity contribution in [2.75, 3.05) is 13.1 Å². The molecule has 3 nitrogen and oxygen atoms in total. The van der Waals surface area contributed by atoms with Crippen molar-refractivity contribution in [1.82, 2.24) is 10.3 Å². The highest BCUT2D eigenvalue weighted by Gasteiger charge is 2.19. The maximum Gasteiger partial charge on any atom is 0.138 e. The molecule has 1 aromatic carbocycles. The zero-order valence-corrected chi connectivity index (χ0v) is 10.2. The highest BCUT2D eigenvalue weighted by atomic mass is 16.5. The number of pyridine rings is 1. The van der Waals surface area contributed by atoms with Crippen molar-refractivity contribution in [2.24, 2.45) is 0 Å². The number of nitrogens with zero attached hydrogens (tertiary/aromatic N) is 1. The summed E-state index contributed by atoms with van der Waals surface area (Å²) in [6.45, 7) is 2.68. The lowest BCUT2D eigenvalue weighted by molar-refractivity contribution is 0.304. The fourth-order valence-corrected chi connectivity index (χ4v) is 2.00. The second-order valence-corrected chi connectivity index (χ2v) is 4.58. The zero-order valence-electron chi connectivity index (χ0n) is 10.2. The highest BCUT2D eigenvalue weighted by molar-refractivity contribution is 5.28. The molecule has 3 heteroatoms. The van der Waals surface area contributed by atoms with Crippen LogP contribution in [-0.4, -0.2) is 18.1 Å². The first-order valence-corrected chi connectivity index (χ1v) is 6.24. The van der Waals surface area contributed by atoms with Crippen molar-refractivity contribution in [3.05, 3.63) is 59.9 Å². The molecule has 0 spiro atoms. The molecule has 2 aromatic rings. The number of hydrogen-bond acceptors (Lipinski definition) is 3. The third-order valence-corrected chi connectivity index (χ3v) is 3.24. The Hall–Kier alpha value is -1.87. The van der Waals surface area contributed by atoms with Gasteiger partial charge in [0.15, 0.2) is 0 Å². The van der Waals surface area contributed by atoms with Crippen molar-refractivity contribution in [3.8, 4) is 5.75 Å². The van der Waals surface area contributed by atoms with Gasteiger partial charge in [-0.2, -0.15) is 0 Å². The molecule has 0 amide bonds. The van der Waals surface area contributed by atoms with Crippen LogP contribution >= 0.6 is 0 Å². The Balaban J connectivity index is 1.65. The Kier molecular flexibility index (Phi) is 3.24. The monoisotopic (exact) mass is 240 g/mol. The van der Waals surface area contributed by atoms with Gasteiger partial charge in [0.25, 0.3) is 0 Å². The molecular formula is C15H16N2O. The van der Waals surface area contributed by atoms with Gasteiger partial charge in [-0.25, -0.2) is 0 Å². The van der Waals surface area contributed by atoms with E-state index in [0.29, 0.717) is 12.5 Å². The molecule has 1 saturated heterocycles. The van der Waals surface area contributed by atoms with Gasteiger partial charge in [-0.15, -0.1) is 0 Å². The standard InChI is InChI=1S/C15H16N2O/c1-2-4-12(5-3-1)11-18-15-6-13(7-17-10-15)14-8-16-9-14/h1-7,10,14,16H,8-9,11H2. The van der Waals surface area contributed by atoms with Crippen LogP contribution in [0.1, 0.15) is 17.0 Å². The van der Waals surface area contributed by atoms with Crippen LogP contribution in [0.2, 0.25) is 0 Å². The maximum atomic E-state index is 5.77. The quantitative estimate of drug-likeness (QED) is 0.890. The Bertz CT molecular complexity index is 509. The van der Waals surface area contributed by atoms with E-state index in [1.54, 1.807) is 6.20 Å². The number of rotatable bonds is 4. The molecule has 1 aliphatic heterocycles. The molecule has 1 N–H and O–H groups in total. The molecule has 0 bridgehead atoms. The van der Waals surface area contributed by atoms with E-state index in [1.807, 2.05) is 24.4 Å². The van der Waals surface area contributed by atoms with Gasteiger partial charge in [-0.3, -0.25) is 4.98 Å². The number of benzene rings is 1. The average Bonchev–Trinajstić information content (AvgIpc) is 2.36. The molecule has 0 saturated carbocycles. The summed E-state index contributed by atoms with van der Waals surface area (Å²) in [5.41, 5.74) is 2.44. The Morgan fingerprint density at radius 1 is 1.17 bits per heavy atom. The van der Waals surface area contributed by atoms with Crippen LogP contribution in [0.3, 0.4) is 0 Å². The minimum atomic E-state index is 0.592. The van der Waals surface area contributed by atoms with Gasteiger partial charge in [0, 0.05) is 25.2 Å². The van der Waals surface area contributed by atoms with Gasteiger partial charge in [0.2, 0.25) is 0 Å². The van der Waals surface area contributed by atoms with Gasteiger partial charge in [-0.1, -0.05) is 30.3 Å². The van der Waals surface area contributed by atoms with Gasteiger partial charge < -0.3 is 10.1 Å². The van der Waals surface area contributed by atoms with E-state index < -0.39 is 0 Å². The third-order valence-electron chi connectivity index (χ3n) is 3.24. The molecule has 3 rings (SSSR count). The minimum absolute atomic E-state index is 0.592. The minimum Gasteiger partial charge on any atom is -0.487 e. The van der Waals surface area contributed by atoms with Crippen molar-refractivity contribution >= 4 is 0 Å². The number of nitrogens with one attached hydrogen (secondary N) is 1. The fraction of sp³-hybridized carbons (Fsp3) is 0.267. The Morgan fingerprint density at radius 3 is 2.72 bits per heavy atom. The van der Waals surface area contributed by atoms with Crippen molar-refractivity contribution in [1.29, 1.82) is 0 Å². The summed E-state index contributed by atoms with van der Waals surface area (Å²) in [7, 11) is 0. The number of aromatic nitrogens is 1. The molecule has 18 heavy (non-hydrogen) atoms. The van der Waals surface area contributed by atoms with E-state index in [-0.39, 0.29) is 0 Å². The SMILES string of the molecule is c1ccc(COc2cncc(C3CNC3)c2)cc1. The third kappa shape index (κ3) is 2.51. The largest absolute Gasteiger partial charge is 0.487 e. The summed E-state index contributed by atoms with van der Waals surface area (Å²) >= 11 is 0. The van der Waals surface area contributed by atoms with Crippen molar-refractivity contribution in [3.63, 3.8) is 0 Å². The predicted molar refractivity (Wildman–Crippen MR) is 70.6 cm³/mol. The second-order valence-electron chi connectivity index (χ2n) is 4.58. The lowest BCUT2D eigenvalue weighted by Crippen LogP contribution is -2.39. The van der Waals surface area contributed by atoms with E-state index in [4.69, 9.17) is 4.74 Å². The molecule has 1 fully saturated rings. The summed E-state index contributed by atoms with van der Waals surface area (Å²) in [5, 5.41) is 3.27. The number of hydrogen-bond donors (Lipinski definition) is 1. The van der Waals surface area contributed by atoms with Crippen molar-refractivity contribution < 1.29 is 4.74 Å². The molecule has 1 aliphatic rings. The Labute approximate surface area is 107 Å². The van der Waals surface area contributed by atoms with Gasteiger partial charge in [0.05, 0.1) is 6.20 Å². The van der Waals surface area contributed by atoms with Gasteiger partial charge in [0.1, 0.15) is 12.4 Å². The van der Waals surface area contributed by atoms with Crippen LogP contribution in [0.15, 0.2) is 48.8 Å². The summed E-state index contributed by atoms with van der Waals surface area (Å²) < 4.78 is 5.77. The van der Waals surface area contributed by atoms with Gasteiger partial charge >= 0.3 is 0 Å². The van der Waals surface area contributed by atoms with Crippen LogP contribution in [0.5, 0.6) is 5.75 Å². The van der Waals surface area contributed by atoms with E-state index in [1.165, 1.54) is 11.1 Å². The highest BCUT2D eigenvalue weighted by Crippen LogP contribution is 2.22. The molecular weight excluding hydrogens is 224 g/mol. The molecule has 0 aliphatic carbocycles. The molecule has 0 unspecified atom stereocenters. The lowest BCUT2D eigenvalue weighted by atomic mass is 9.95. The van der Waals surface area contributed by atoms with Crippen molar-refractivity contribution in [2.45, 2.75) is 12.5 Å². The average molecular weight is 240 g/mol. The maximum absolute atomic E-state index is 5.77. The van der Waals surface area contributed by atoms with Crippen LogP contribution in [0.25, 0.3) is 0 Å². The smallest absolute Gasteiger partial charge is 0.138 e. The van der Waals surface area contributed by atoms with E-state index in [2.05, 4.69) is 28.5 Å². The second kappa shape index (κ2) is 5.19. The first kappa shape index (κ1) is 11.2. The van der Waals surface area contributed by atoms with Crippen LogP contribution in [0, 0.1) is 0 Å². The van der Waals surface area contributed by atoms with E-state index in [0.717, 1.165) is 18.8 Å². The molecule has 2 heterocycles. The first-order valence-electron chi connectivity index (χ1n) is 6.24. The van der Waals surface area contributed by atoms with Crippen LogP contribution in [-0.2, 0) is 6.61 Å². The van der Waals surface area contributed by atoms with E-state index >= 15 is 0 Å². The summed E-state index contributed by atoms with van der Waals surface area (Å²) in [6, 6.07) is 12.3. The predicted octanol–water partition coefficient (Wildman–Crippen LogP) is 2.35. The van der Waals surface area contributed by atoms with Crippen LogP contribution < -0.4 is 10.1 Å². The molecule has 0 atom stereocenters. The number of ether oxygens (including phenoxy) is 1. The molecule has 92 valence electrons. The van der Waals surface area contributed by atoms with E-state index in [9.17, 15) is 0 Å². The Morgan fingerprint density at radius 2 is 2.00 bits per heavy atom.